The molecule has 19 heavy (non-hydrogen) atoms. The quantitative estimate of drug-likeness (QED) is 0.739. The van der Waals surface area contributed by atoms with E-state index >= 15 is 0 Å². The van der Waals surface area contributed by atoms with Crippen LogP contribution in [0.25, 0.3) is 0 Å². The Balaban J connectivity index is 2.45. The second-order valence-electron chi connectivity index (χ2n) is 5.00. The van der Waals surface area contributed by atoms with Crippen LogP contribution >= 0.6 is 15.9 Å². The summed E-state index contributed by atoms with van der Waals surface area (Å²) in [7, 11) is 1.71. The fourth-order valence-electron chi connectivity index (χ4n) is 1.88. The van der Waals surface area contributed by atoms with E-state index in [0.29, 0.717) is 18.6 Å². The molecule has 0 aliphatic carbocycles. The topological polar surface area (TPSA) is 30.5 Å². The number of hydrogen-bond acceptors (Lipinski definition) is 3. The van der Waals surface area contributed by atoms with E-state index in [4.69, 9.17) is 9.47 Å². The van der Waals surface area contributed by atoms with Crippen LogP contribution in [-0.4, -0.2) is 32.9 Å². The maximum absolute atomic E-state index is 5.86. The number of halogens is 1. The molecule has 1 aromatic carbocycles. The maximum atomic E-state index is 5.86. The fourth-order valence-corrected chi connectivity index (χ4v) is 2.26. The molecule has 1 N–H and O–H groups in total. The Morgan fingerprint density at radius 1 is 1.26 bits per heavy atom. The van der Waals surface area contributed by atoms with Gasteiger partial charge in [0.1, 0.15) is 12.4 Å². The molecule has 1 aromatic rings. The molecular weight excluding hydrogens is 306 g/mol. The molecule has 3 nitrogen and oxygen atoms in total. The summed E-state index contributed by atoms with van der Waals surface area (Å²) in [6, 6.07) is 6.52. The Hall–Kier alpha value is -0.580. The SMILES string of the molecule is COCC(C)NCCOc1ccc(Br)cc1C(C)C. The van der Waals surface area contributed by atoms with Crippen molar-refractivity contribution in [3.63, 3.8) is 0 Å². The molecule has 0 fully saturated rings. The van der Waals surface area contributed by atoms with Gasteiger partial charge in [-0.1, -0.05) is 29.8 Å². The van der Waals surface area contributed by atoms with Gasteiger partial charge in [-0.2, -0.15) is 0 Å². The predicted molar refractivity (Wildman–Crippen MR) is 83.1 cm³/mol. The third-order valence-corrected chi connectivity index (χ3v) is 3.36. The lowest BCUT2D eigenvalue weighted by atomic mass is 10.0. The largest absolute Gasteiger partial charge is 0.492 e. The minimum atomic E-state index is 0.350. The normalized spacial score (nSPS) is 12.7. The number of hydrogen-bond donors (Lipinski definition) is 1. The fraction of sp³-hybridized carbons (Fsp3) is 0.600. The number of benzene rings is 1. The molecule has 1 atom stereocenters. The summed E-state index contributed by atoms with van der Waals surface area (Å²) in [5, 5.41) is 3.35. The molecule has 0 heterocycles. The average Bonchev–Trinajstić information content (AvgIpc) is 2.36. The van der Waals surface area contributed by atoms with Crippen LogP contribution in [0.1, 0.15) is 32.3 Å². The van der Waals surface area contributed by atoms with Gasteiger partial charge in [0.2, 0.25) is 0 Å². The standard InChI is InChI=1S/C15H24BrNO2/c1-11(2)14-9-13(16)5-6-15(14)19-8-7-17-12(3)10-18-4/h5-6,9,11-12,17H,7-8,10H2,1-4H3. The number of nitrogens with one attached hydrogen (secondary N) is 1. The van der Waals surface area contributed by atoms with E-state index in [1.807, 2.05) is 12.1 Å². The van der Waals surface area contributed by atoms with Crippen LogP contribution in [0.3, 0.4) is 0 Å². The smallest absolute Gasteiger partial charge is 0.122 e. The first-order valence-electron chi connectivity index (χ1n) is 6.69. The van der Waals surface area contributed by atoms with Gasteiger partial charge in [-0.3, -0.25) is 0 Å². The van der Waals surface area contributed by atoms with Gasteiger partial charge in [-0.05, 0) is 36.6 Å². The van der Waals surface area contributed by atoms with Crippen LogP contribution in [0.15, 0.2) is 22.7 Å². The Morgan fingerprint density at radius 3 is 2.63 bits per heavy atom. The third kappa shape index (κ3) is 5.93. The second-order valence-corrected chi connectivity index (χ2v) is 5.91. The van der Waals surface area contributed by atoms with Crippen molar-refractivity contribution in [3.05, 3.63) is 28.2 Å². The minimum absolute atomic E-state index is 0.350. The lowest BCUT2D eigenvalue weighted by Gasteiger charge is -2.16. The van der Waals surface area contributed by atoms with Crippen molar-refractivity contribution in [1.29, 1.82) is 0 Å². The summed E-state index contributed by atoms with van der Waals surface area (Å²) >= 11 is 3.50. The van der Waals surface area contributed by atoms with Gasteiger partial charge < -0.3 is 14.8 Å². The molecule has 0 saturated heterocycles. The van der Waals surface area contributed by atoms with Crippen molar-refractivity contribution >= 4 is 15.9 Å². The first kappa shape index (κ1) is 16.5. The highest BCUT2D eigenvalue weighted by Crippen LogP contribution is 2.29. The van der Waals surface area contributed by atoms with Crippen molar-refractivity contribution in [2.75, 3.05) is 26.9 Å². The van der Waals surface area contributed by atoms with Crippen molar-refractivity contribution < 1.29 is 9.47 Å². The van der Waals surface area contributed by atoms with Crippen molar-refractivity contribution in [3.8, 4) is 5.75 Å². The highest BCUT2D eigenvalue weighted by Gasteiger charge is 2.08. The van der Waals surface area contributed by atoms with Gasteiger partial charge in [0.05, 0.1) is 6.61 Å². The summed E-state index contributed by atoms with van der Waals surface area (Å²) in [4.78, 5) is 0. The first-order chi connectivity index (χ1) is 9.04. The van der Waals surface area contributed by atoms with Crippen LogP contribution in [0.5, 0.6) is 5.75 Å². The van der Waals surface area contributed by atoms with Crippen molar-refractivity contribution in [2.45, 2.75) is 32.7 Å². The Morgan fingerprint density at radius 2 is 2.00 bits per heavy atom. The lowest BCUT2D eigenvalue weighted by Crippen LogP contribution is -2.33. The molecule has 0 radical (unpaired) electrons. The molecular formula is C15H24BrNO2. The van der Waals surface area contributed by atoms with E-state index < -0.39 is 0 Å². The second kappa shape index (κ2) is 8.56. The lowest BCUT2D eigenvalue weighted by molar-refractivity contribution is 0.169. The van der Waals surface area contributed by atoms with Crippen LogP contribution < -0.4 is 10.1 Å². The van der Waals surface area contributed by atoms with Gasteiger partial charge >= 0.3 is 0 Å². The van der Waals surface area contributed by atoms with Gasteiger partial charge in [-0.25, -0.2) is 0 Å². The summed E-state index contributed by atoms with van der Waals surface area (Å²) in [6.07, 6.45) is 0. The molecule has 1 rings (SSSR count). The van der Waals surface area contributed by atoms with Gasteiger partial charge in [0, 0.05) is 24.2 Å². The average molecular weight is 330 g/mol. The van der Waals surface area contributed by atoms with Gasteiger partial charge in [0.15, 0.2) is 0 Å². The maximum Gasteiger partial charge on any atom is 0.122 e. The highest BCUT2D eigenvalue weighted by molar-refractivity contribution is 9.10. The molecule has 0 saturated carbocycles. The molecule has 0 bridgehead atoms. The molecule has 0 amide bonds. The van der Waals surface area contributed by atoms with Crippen LogP contribution in [-0.2, 0) is 4.74 Å². The molecule has 0 aliphatic rings. The molecule has 1 unspecified atom stereocenters. The van der Waals surface area contributed by atoms with E-state index in [1.54, 1.807) is 7.11 Å². The zero-order valence-electron chi connectivity index (χ0n) is 12.2. The molecule has 0 spiro atoms. The number of ether oxygens (including phenoxy) is 2. The zero-order valence-corrected chi connectivity index (χ0v) is 13.8. The van der Waals surface area contributed by atoms with Crippen LogP contribution in [0, 0.1) is 0 Å². The van der Waals surface area contributed by atoms with E-state index in [2.05, 4.69) is 48.1 Å². The zero-order chi connectivity index (χ0) is 14.3. The number of rotatable bonds is 8. The summed E-state index contributed by atoms with van der Waals surface area (Å²) in [5.74, 6) is 1.42. The van der Waals surface area contributed by atoms with Gasteiger partial charge in [-0.15, -0.1) is 0 Å². The Labute approximate surface area is 124 Å². The monoisotopic (exact) mass is 329 g/mol. The Bertz CT molecular complexity index is 382. The summed E-state index contributed by atoms with van der Waals surface area (Å²) in [6.45, 7) is 8.65. The van der Waals surface area contributed by atoms with Gasteiger partial charge in [0.25, 0.3) is 0 Å². The highest BCUT2D eigenvalue weighted by atomic mass is 79.9. The molecule has 0 aromatic heterocycles. The van der Waals surface area contributed by atoms with Crippen molar-refractivity contribution in [1.82, 2.24) is 5.32 Å². The van der Waals surface area contributed by atoms with Crippen LogP contribution in [0.4, 0.5) is 0 Å². The van der Waals surface area contributed by atoms with E-state index in [1.165, 1.54) is 5.56 Å². The van der Waals surface area contributed by atoms with E-state index in [9.17, 15) is 0 Å². The molecule has 108 valence electrons. The Kier molecular flexibility index (Phi) is 7.42. The van der Waals surface area contributed by atoms with E-state index in [0.717, 1.165) is 23.4 Å². The van der Waals surface area contributed by atoms with Crippen LogP contribution in [0.2, 0.25) is 0 Å². The molecule has 4 heteroatoms. The summed E-state index contributed by atoms with van der Waals surface area (Å²) < 4.78 is 12.0. The molecule has 0 aliphatic heterocycles. The number of methoxy groups -OCH3 is 1. The summed E-state index contributed by atoms with van der Waals surface area (Å²) in [5.41, 5.74) is 1.24. The predicted octanol–water partition coefficient (Wildman–Crippen LogP) is 3.58. The minimum Gasteiger partial charge on any atom is -0.492 e. The first-order valence-corrected chi connectivity index (χ1v) is 7.48. The third-order valence-electron chi connectivity index (χ3n) is 2.86. The van der Waals surface area contributed by atoms with Crippen molar-refractivity contribution in [2.24, 2.45) is 0 Å². The van der Waals surface area contributed by atoms with E-state index in [-0.39, 0.29) is 0 Å².